The first-order valence-corrected chi connectivity index (χ1v) is 15.0. The van der Waals surface area contributed by atoms with Crippen molar-refractivity contribution in [2.75, 3.05) is 32.6 Å². The van der Waals surface area contributed by atoms with E-state index in [0.29, 0.717) is 30.3 Å². The molecule has 0 radical (unpaired) electrons. The lowest BCUT2D eigenvalue weighted by atomic mass is 9.89. The number of carbonyl (C=O) groups is 2. The van der Waals surface area contributed by atoms with Gasteiger partial charge in [-0.1, -0.05) is 18.2 Å². The van der Waals surface area contributed by atoms with Crippen LogP contribution in [0.2, 0.25) is 0 Å². The number of thioether (sulfide) groups is 1. The molecule has 2 amide bonds. The molecule has 3 aromatic rings. The third kappa shape index (κ3) is 5.39. The van der Waals surface area contributed by atoms with E-state index >= 15 is 0 Å². The molecule has 2 saturated heterocycles. The van der Waals surface area contributed by atoms with Crippen LogP contribution < -0.4 is 10.9 Å². The van der Waals surface area contributed by atoms with Crippen LogP contribution in [0.5, 0.6) is 0 Å². The number of piperidine rings is 1. The number of carbonyl (C=O) groups excluding carboxylic acids is 2. The van der Waals surface area contributed by atoms with Crippen molar-refractivity contribution in [1.29, 1.82) is 0 Å². The van der Waals surface area contributed by atoms with Crippen LogP contribution >= 0.6 is 11.8 Å². The Bertz CT molecular complexity index is 1430. The van der Waals surface area contributed by atoms with Gasteiger partial charge in [-0.2, -0.15) is 0 Å². The van der Waals surface area contributed by atoms with Crippen LogP contribution in [0, 0.1) is 25.7 Å². The molecule has 2 N–H and O–H groups in total. The predicted octanol–water partition coefficient (Wildman–Crippen LogP) is 4.43. The van der Waals surface area contributed by atoms with E-state index in [1.165, 1.54) is 11.8 Å². The molecule has 0 aliphatic carbocycles. The smallest absolute Gasteiger partial charge is 0.254 e. The summed E-state index contributed by atoms with van der Waals surface area (Å²) in [5, 5.41) is 3.93. The Kier molecular flexibility index (Phi) is 8.19. The van der Waals surface area contributed by atoms with Crippen molar-refractivity contribution >= 4 is 34.5 Å². The maximum Gasteiger partial charge on any atom is 0.254 e. The lowest BCUT2D eigenvalue weighted by Gasteiger charge is -2.37. The number of aryl methyl sites for hydroxylation is 1. The number of ether oxygens (including phenoxy) is 1. The maximum absolute atomic E-state index is 13.6. The van der Waals surface area contributed by atoms with Crippen LogP contribution in [0.3, 0.4) is 0 Å². The Morgan fingerprint density at radius 2 is 1.92 bits per heavy atom. The Morgan fingerprint density at radius 3 is 2.62 bits per heavy atom. The number of fused-ring (bicyclic) bond motifs is 1. The SMILES string of the molecule is CSc1cc(C)[nH]c(=O)c1CNC(=O)c1c(C)n([C@@H](C)C2CCN(C(=O)[C@@H]3CCOC3)CC2)c2ccccc12. The molecule has 2 fully saturated rings. The standard InChI is InChI=1S/C30H38N4O4S/c1-18-15-26(39-4)24(28(35)32-18)16-31-29(36)27-20(3)34(25-8-6-5-7-23(25)27)19(2)21-9-12-33(13-10-21)30(37)22-11-14-38-17-22/h5-8,15,19,21-22H,9-14,16-17H2,1-4H3,(H,31,36)(H,32,35)/t19-,22+/m0/s1. The molecule has 2 atom stereocenters. The number of rotatable bonds is 7. The van der Waals surface area contributed by atoms with Gasteiger partial charge in [-0.3, -0.25) is 14.4 Å². The van der Waals surface area contributed by atoms with E-state index in [2.05, 4.69) is 27.9 Å². The molecule has 2 aliphatic rings. The first-order chi connectivity index (χ1) is 18.8. The molecule has 4 heterocycles. The number of amides is 2. The highest BCUT2D eigenvalue weighted by Gasteiger charge is 2.33. The monoisotopic (exact) mass is 550 g/mol. The second-order valence-corrected chi connectivity index (χ2v) is 11.7. The van der Waals surface area contributed by atoms with E-state index in [1.807, 2.05) is 49.3 Å². The number of benzene rings is 1. The van der Waals surface area contributed by atoms with Gasteiger partial charge in [-0.25, -0.2) is 0 Å². The van der Waals surface area contributed by atoms with Crippen molar-refractivity contribution in [2.45, 2.75) is 57.5 Å². The minimum absolute atomic E-state index is 0.0122. The molecule has 39 heavy (non-hydrogen) atoms. The van der Waals surface area contributed by atoms with Gasteiger partial charge in [-0.15, -0.1) is 11.8 Å². The summed E-state index contributed by atoms with van der Waals surface area (Å²) in [7, 11) is 0. The first kappa shape index (κ1) is 27.5. The Hall–Kier alpha value is -3.04. The van der Waals surface area contributed by atoms with Crippen molar-refractivity contribution in [2.24, 2.45) is 11.8 Å². The van der Waals surface area contributed by atoms with Crippen LogP contribution in [0.15, 0.2) is 40.0 Å². The van der Waals surface area contributed by atoms with Crippen molar-refractivity contribution in [3.8, 4) is 0 Å². The summed E-state index contributed by atoms with van der Waals surface area (Å²) in [6, 6.07) is 10.1. The van der Waals surface area contributed by atoms with Crippen LogP contribution in [0.4, 0.5) is 0 Å². The number of H-pyrrole nitrogens is 1. The molecule has 1 aromatic carbocycles. The number of nitrogens with zero attached hydrogens (tertiary/aromatic N) is 2. The topological polar surface area (TPSA) is 96.4 Å². The summed E-state index contributed by atoms with van der Waals surface area (Å²) < 4.78 is 7.72. The van der Waals surface area contributed by atoms with Gasteiger partial charge < -0.3 is 24.5 Å². The molecular weight excluding hydrogens is 512 g/mol. The fourth-order valence-electron chi connectivity index (χ4n) is 6.30. The van der Waals surface area contributed by atoms with E-state index in [9.17, 15) is 14.4 Å². The highest BCUT2D eigenvalue weighted by atomic mass is 32.2. The number of hydrogen-bond donors (Lipinski definition) is 2. The number of aromatic amines is 1. The predicted molar refractivity (Wildman–Crippen MR) is 154 cm³/mol. The lowest BCUT2D eigenvalue weighted by molar-refractivity contribution is -0.137. The quantitative estimate of drug-likeness (QED) is 0.424. The zero-order valence-corrected chi connectivity index (χ0v) is 24.0. The van der Waals surface area contributed by atoms with Gasteiger partial charge in [-0.05, 0) is 64.3 Å². The average molecular weight is 551 g/mol. The number of aromatic nitrogens is 2. The largest absolute Gasteiger partial charge is 0.381 e. The Balaban J connectivity index is 1.35. The molecule has 208 valence electrons. The third-order valence-electron chi connectivity index (χ3n) is 8.48. The van der Waals surface area contributed by atoms with Crippen molar-refractivity contribution in [3.05, 3.63) is 63.2 Å². The Morgan fingerprint density at radius 1 is 1.18 bits per heavy atom. The van der Waals surface area contributed by atoms with Crippen molar-refractivity contribution in [1.82, 2.24) is 19.8 Å². The van der Waals surface area contributed by atoms with E-state index in [4.69, 9.17) is 4.74 Å². The van der Waals surface area contributed by atoms with Gasteiger partial charge in [0.1, 0.15) is 0 Å². The summed E-state index contributed by atoms with van der Waals surface area (Å²) in [6.45, 7) is 9.01. The number of pyridine rings is 1. The highest BCUT2D eigenvalue weighted by Crippen LogP contribution is 2.36. The number of para-hydroxylation sites is 1. The van der Waals surface area contributed by atoms with Crippen LogP contribution in [-0.4, -0.2) is 58.8 Å². The number of hydrogen-bond acceptors (Lipinski definition) is 5. The molecule has 0 spiro atoms. The Labute approximate surface area is 233 Å². The van der Waals surface area contributed by atoms with E-state index < -0.39 is 0 Å². The first-order valence-electron chi connectivity index (χ1n) is 13.8. The van der Waals surface area contributed by atoms with Gasteiger partial charge in [0.15, 0.2) is 0 Å². The summed E-state index contributed by atoms with van der Waals surface area (Å²) in [4.78, 5) is 44.8. The summed E-state index contributed by atoms with van der Waals surface area (Å²) in [5.41, 5.74) is 3.81. The fourth-order valence-corrected chi connectivity index (χ4v) is 7.00. The molecule has 5 rings (SSSR count). The molecule has 8 nitrogen and oxygen atoms in total. The van der Waals surface area contributed by atoms with Gasteiger partial charge >= 0.3 is 0 Å². The fraction of sp³-hybridized carbons (Fsp3) is 0.500. The minimum atomic E-state index is -0.180. The summed E-state index contributed by atoms with van der Waals surface area (Å²) >= 11 is 1.50. The average Bonchev–Trinajstić information content (AvgIpc) is 3.57. The molecule has 9 heteroatoms. The molecule has 2 aliphatic heterocycles. The normalized spacial score (nSPS) is 19.0. The zero-order valence-electron chi connectivity index (χ0n) is 23.2. The van der Waals surface area contributed by atoms with Crippen LogP contribution in [0.1, 0.15) is 59.5 Å². The summed E-state index contributed by atoms with van der Waals surface area (Å²) in [5.74, 6) is 0.464. The van der Waals surface area contributed by atoms with Gasteiger partial charge in [0.05, 0.1) is 18.1 Å². The van der Waals surface area contributed by atoms with E-state index in [1.54, 1.807) is 0 Å². The molecule has 0 bridgehead atoms. The third-order valence-corrected chi connectivity index (χ3v) is 9.28. The molecular formula is C30H38N4O4S. The van der Waals surface area contributed by atoms with E-state index in [-0.39, 0.29) is 35.9 Å². The van der Waals surface area contributed by atoms with Crippen LogP contribution in [-0.2, 0) is 16.1 Å². The zero-order chi connectivity index (χ0) is 27.7. The van der Waals surface area contributed by atoms with Crippen molar-refractivity contribution in [3.63, 3.8) is 0 Å². The minimum Gasteiger partial charge on any atom is -0.381 e. The van der Waals surface area contributed by atoms with E-state index in [0.717, 1.165) is 59.5 Å². The van der Waals surface area contributed by atoms with Crippen molar-refractivity contribution < 1.29 is 14.3 Å². The van der Waals surface area contributed by atoms with Gasteiger partial charge in [0.25, 0.3) is 11.5 Å². The number of likely N-dealkylation sites (tertiary alicyclic amines) is 1. The van der Waals surface area contributed by atoms with Crippen LogP contribution in [0.25, 0.3) is 10.9 Å². The van der Waals surface area contributed by atoms with Gasteiger partial charge in [0.2, 0.25) is 5.91 Å². The summed E-state index contributed by atoms with van der Waals surface area (Å²) in [6.07, 6.45) is 4.62. The second kappa shape index (κ2) is 11.6. The highest BCUT2D eigenvalue weighted by molar-refractivity contribution is 7.98. The van der Waals surface area contributed by atoms with Gasteiger partial charge in [0, 0.05) is 65.0 Å². The lowest BCUT2D eigenvalue weighted by Crippen LogP contribution is -2.43. The second-order valence-electron chi connectivity index (χ2n) is 10.8. The molecule has 0 unspecified atom stereocenters. The molecule has 2 aromatic heterocycles. The maximum atomic E-state index is 13.6. The number of nitrogens with one attached hydrogen (secondary N) is 2. The molecule has 0 saturated carbocycles.